The van der Waals surface area contributed by atoms with Crippen LogP contribution in [0.1, 0.15) is 56.4 Å². The Labute approximate surface area is 108 Å². The van der Waals surface area contributed by atoms with Gasteiger partial charge in [0.25, 0.3) is 0 Å². The smallest absolute Gasteiger partial charge is 0.361 e. The molecule has 0 unspecified atom stereocenters. The van der Waals surface area contributed by atoms with Gasteiger partial charge in [0.15, 0.2) is 5.69 Å². The van der Waals surface area contributed by atoms with Gasteiger partial charge < -0.3 is 10.5 Å². The minimum absolute atomic E-state index is 0.227. The molecule has 0 bridgehead atoms. The molecule has 102 valence electrons. The lowest BCUT2D eigenvalue weighted by molar-refractivity contribution is 0.0491. The molecular formula is C13H23N3O2. The molecule has 0 aliphatic rings. The van der Waals surface area contributed by atoms with Crippen molar-refractivity contribution in [2.45, 2.75) is 52.5 Å². The number of carbonyl (C=O) groups is 1. The summed E-state index contributed by atoms with van der Waals surface area (Å²) in [6.07, 6.45) is 7.30. The number of aryl methyl sites for hydroxylation is 1. The van der Waals surface area contributed by atoms with E-state index in [-0.39, 0.29) is 5.69 Å². The van der Waals surface area contributed by atoms with E-state index in [4.69, 9.17) is 10.5 Å². The fraction of sp³-hybridized carbons (Fsp3) is 0.692. The van der Waals surface area contributed by atoms with Gasteiger partial charge >= 0.3 is 5.97 Å². The van der Waals surface area contributed by atoms with Crippen LogP contribution in [-0.2, 0) is 11.3 Å². The van der Waals surface area contributed by atoms with Crippen LogP contribution in [-0.4, -0.2) is 22.4 Å². The van der Waals surface area contributed by atoms with E-state index in [1.165, 1.54) is 19.3 Å². The summed E-state index contributed by atoms with van der Waals surface area (Å²) in [5.74, 6) is -0.421. The Bertz CT molecular complexity index is 374. The Morgan fingerprint density at radius 1 is 1.33 bits per heavy atom. The molecule has 0 spiro atoms. The van der Waals surface area contributed by atoms with Crippen molar-refractivity contribution in [1.82, 2.24) is 9.78 Å². The molecule has 0 saturated heterocycles. The second kappa shape index (κ2) is 7.74. The fourth-order valence-corrected chi connectivity index (χ4v) is 1.70. The zero-order valence-corrected chi connectivity index (χ0v) is 11.3. The van der Waals surface area contributed by atoms with Crippen LogP contribution in [0, 0.1) is 0 Å². The Hall–Kier alpha value is -1.52. The zero-order chi connectivity index (χ0) is 13.4. The van der Waals surface area contributed by atoms with Crippen molar-refractivity contribution in [3.8, 4) is 0 Å². The normalized spacial score (nSPS) is 10.6. The lowest BCUT2D eigenvalue weighted by Crippen LogP contribution is -2.10. The van der Waals surface area contributed by atoms with E-state index in [1.807, 2.05) is 6.92 Å². The first-order valence-corrected chi connectivity index (χ1v) is 6.69. The van der Waals surface area contributed by atoms with Crippen LogP contribution in [0.3, 0.4) is 0 Å². The van der Waals surface area contributed by atoms with Gasteiger partial charge in [-0.3, -0.25) is 4.68 Å². The summed E-state index contributed by atoms with van der Waals surface area (Å²) in [5.41, 5.74) is 6.31. The van der Waals surface area contributed by atoms with E-state index in [0.29, 0.717) is 18.8 Å². The third-order valence-corrected chi connectivity index (χ3v) is 2.79. The standard InChI is InChI=1S/C13H23N3O2/c1-3-5-6-7-8-9-18-13(17)12-11(14)10-16(4-2)15-12/h10H,3-9,14H2,1-2H3. The molecule has 5 heteroatoms. The van der Waals surface area contributed by atoms with Crippen LogP contribution in [0.15, 0.2) is 6.20 Å². The van der Waals surface area contributed by atoms with Crippen molar-refractivity contribution in [2.75, 3.05) is 12.3 Å². The highest BCUT2D eigenvalue weighted by Gasteiger charge is 2.15. The van der Waals surface area contributed by atoms with Gasteiger partial charge in [-0.25, -0.2) is 4.79 Å². The second-order valence-corrected chi connectivity index (χ2v) is 4.34. The quantitative estimate of drug-likeness (QED) is 0.571. The Balaban J connectivity index is 2.29. The molecule has 1 aromatic heterocycles. The molecule has 18 heavy (non-hydrogen) atoms. The maximum absolute atomic E-state index is 11.7. The molecule has 1 heterocycles. The summed E-state index contributed by atoms with van der Waals surface area (Å²) in [5, 5.41) is 4.07. The van der Waals surface area contributed by atoms with E-state index in [2.05, 4.69) is 12.0 Å². The maximum atomic E-state index is 11.7. The molecule has 0 amide bonds. The molecule has 2 N–H and O–H groups in total. The lowest BCUT2D eigenvalue weighted by atomic mass is 10.2. The highest BCUT2D eigenvalue weighted by atomic mass is 16.5. The molecular weight excluding hydrogens is 230 g/mol. The van der Waals surface area contributed by atoms with Crippen LogP contribution in [0.2, 0.25) is 0 Å². The summed E-state index contributed by atoms with van der Waals surface area (Å²) in [4.78, 5) is 11.7. The van der Waals surface area contributed by atoms with Crippen molar-refractivity contribution >= 4 is 11.7 Å². The minimum Gasteiger partial charge on any atom is -0.461 e. The SMILES string of the molecule is CCCCCCCOC(=O)c1nn(CC)cc1N. The molecule has 5 nitrogen and oxygen atoms in total. The first-order valence-electron chi connectivity index (χ1n) is 6.69. The van der Waals surface area contributed by atoms with Crippen LogP contribution < -0.4 is 5.73 Å². The number of hydrogen-bond donors (Lipinski definition) is 1. The van der Waals surface area contributed by atoms with E-state index >= 15 is 0 Å². The Morgan fingerprint density at radius 2 is 2.06 bits per heavy atom. The second-order valence-electron chi connectivity index (χ2n) is 4.34. The monoisotopic (exact) mass is 253 g/mol. The first kappa shape index (κ1) is 14.5. The van der Waals surface area contributed by atoms with Gasteiger partial charge in [0, 0.05) is 12.7 Å². The van der Waals surface area contributed by atoms with Gasteiger partial charge in [0.05, 0.1) is 12.3 Å². The van der Waals surface area contributed by atoms with Crippen LogP contribution >= 0.6 is 0 Å². The summed E-state index contributed by atoms with van der Waals surface area (Å²) in [6, 6.07) is 0. The van der Waals surface area contributed by atoms with Gasteiger partial charge in [-0.2, -0.15) is 5.10 Å². The van der Waals surface area contributed by atoms with Crippen molar-refractivity contribution in [1.29, 1.82) is 0 Å². The molecule has 1 rings (SSSR count). The van der Waals surface area contributed by atoms with Crippen molar-refractivity contribution in [2.24, 2.45) is 0 Å². The van der Waals surface area contributed by atoms with E-state index in [0.717, 1.165) is 12.8 Å². The van der Waals surface area contributed by atoms with Crippen molar-refractivity contribution < 1.29 is 9.53 Å². The zero-order valence-electron chi connectivity index (χ0n) is 11.3. The third-order valence-electron chi connectivity index (χ3n) is 2.79. The molecule has 0 aromatic carbocycles. The Kier molecular flexibility index (Phi) is 6.25. The van der Waals surface area contributed by atoms with Crippen LogP contribution in [0.4, 0.5) is 5.69 Å². The number of rotatable bonds is 8. The molecule has 0 aliphatic carbocycles. The third kappa shape index (κ3) is 4.39. The summed E-state index contributed by atoms with van der Waals surface area (Å²) >= 11 is 0. The van der Waals surface area contributed by atoms with Gasteiger partial charge in [-0.15, -0.1) is 0 Å². The minimum atomic E-state index is -0.421. The molecule has 0 atom stereocenters. The molecule has 1 aromatic rings. The number of nitrogen functional groups attached to an aromatic ring is 1. The average Bonchev–Trinajstić information content (AvgIpc) is 2.75. The molecule has 0 radical (unpaired) electrons. The molecule has 0 saturated carbocycles. The molecule has 0 fully saturated rings. The Morgan fingerprint density at radius 3 is 2.67 bits per heavy atom. The topological polar surface area (TPSA) is 70.1 Å². The summed E-state index contributed by atoms with van der Waals surface area (Å²) in [7, 11) is 0. The number of unbranched alkanes of at least 4 members (excludes halogenated alkanes) is 4. The number of nitrogens with zero attached hydrogens (tertiary/aromatic N) is 2. The van der Waals surface area contributed by atoms with E-state index < -0.39 is 5.97 Å². The van der Waals surface area contributed by atoms with Crippen LogP contribution in [0.25, 0.3) is 0 Å². The fourth-order valence-electron chi connectivity index (χ4n) is 1.70. The number of nitrogens with two attached hydrogens (primary N) is 1. The summed E-state index contributed by atoms with van der Waals surface area (Å²) < 4.78 is 6.78. The van der Waals surface area contributed by atoms with Crippen LogP contribution in [0.5, 0.6) is 0 Å². The summed E-state index contributed by atoms with van der Waals surface area (Å²) in [6.45, 7) is 5.25. The molecule has 0 aliphatic heterocycles. The number of hydrogen-bond acceptors (Lipinski definition) is 4. The predicted octanol–water partition coefficient (Wildman–Crippen LogP) is 2.61. The van der Waals surface area contributed by atoms with E-state index in [1.54, 1.807) is 10.9 Å². The van der Waals surface area contributed by atoms with Gasteiger partial charge in [0.2, 0.25) is 0 Å². The maximum Gasteiger partial charge on any atom is 0.361 e. The number of carbonyl (C=O) groups excluding carboxylic acids is 1. The largest absolute Gasteiger partial charge is 0.461 e. The predicted molar refractivity (Wildman–Crippen MR) is 71.4 cm³/mol. The first-order chi connectivity index (χ1) is 8.69. The van der Waals surface area contributed by atoms with Gasteiger partial charge in [-0.05, 0) is 13.3 Å². The van der Waals surface area contributed by atoms with Crippen molar-refractivity contribution in [3.05, 3.63) is 11.9 Å². The number of esters is 1. The highest BCUT2D eigenvalue weighted by molar-refractivity contribution is 5.92. The number of anilines is 1. The van der Waals surface area contributed by atoms with Gasteiger partial charge in [0.1, 0.15) is 0 Å². The lowest BCUT2D eigenvalue weighted by Gasteiger charge is -2.03. The van der Waals surface area contributed by atoms with Crippen molar-refractivity contribution in [3.63, 3.8) is 0 Å². The highest BCUT2D eigenvalue weighted by Crippen LogP contribution is 2.11. The number of ether oxygens (including phenoxy) is 1. The van der Waals surface area contributed by atoms with Gasteiger partial charge in [-0.1, -0.05) is 32.6 Å². The van der Waals surface area contributed by atoms with E-state index in [9.17, 15) is 4.79 Å². The number of aromatic nitrogens is 2. The average molecular weight is 253 g/mol.